The van der Waals surface area contributed by atoms with E-state index >= 15 is 0 Å². The highest BCUT2D eigenvalue weighted by Gasteiger charge is 2.44. The lowest BCUT2D eigenvalue weighted by Crippen LogP contribution is -2.36. The number of carbonyl (C=O) groups excluding carboxylic acids is 2. The van der Waals surface area contributed by atoms with Crippen LogP contribution in [0.2, 0.25) is 0 Å². The minimum atomic E-state index is -4.26. The molecule has 2 amide bonds. The molecule has 0 bridgehead atoms. The number of carbonyl (C=O) groups is 2. The zero-order valence-corrected chi connectivity index (χ0v) is 58.8. The maximum atomic E-state index is 12.8. The fraction of sp³-hybridized carbons (Fsp3) is 0.312. The molecule has 99 heavy (non-hydrogen) atoms. The van der Waals surface area contributed by atoms with E-state index in [4.69, 9.17) is 0 Å². The summed E-state index contributed by atoms with van der Waals surface area (Å²) in [5, 5.41) is 52.2. The standard InChI is InChI=1S/C77H88B2N6O12S2/c1-54(2)74(86)80-41-19-43-82(50-58-23-9-15-29-68(58)78(88)89)52-64-60-25-11-12-26-61(60)65(53-83(44-20-42-81-75(87)55(3)4)51-59-24-10-16-30-69(59)79(90)91)63-49-57(35-38-62(63)64)34-33-56(36-39-72-76(5,6)66-27-13-17-31-70(66)84(72)45-21-47-98(92,93)94)37-40-73-77(7,8)67-28-14-18-32-71(67)85(73)46-22-48-99(95,96)97/h9-18,23-32,35-40,49,88-91H,1,3,19-22,41-48,50-53H2,2,4-8H3,(H3-,80,81,86,87,92,93,94,95,96,97)/p+1. The molecule has 9 rings (SSSR count). The summed E-state index contributed by atoms with van der Waals surface area (Å²) in [7, 11) is -12.0. The largest absolute Gasteiger partial charge is 0.488 e. The van der Waals surface area contributed by atoms with Crippen LogP contribution in [0.25, 0.3) is 21.5 Å². The number of fused-ring (bicyclic) bond motifs is 4. The lowest BCUT2D eigenvalue weighted by molar-refractivity contribution is -0.437. The molecule has 0 radical (unpaired) electrons. The summed E-state index contributed by atoms with van der Waals surface area (Å²) >= 11 is 0. The second-order valence-electron chi connectivity index (χ2n) is 26.6. The SMILES string of the molecule is C=C(C)C(=O)NCCCN(Cc1ccccc1B(O)O)Cc1c2ccccc2c(CN(CCCNC(=O)C(=C)C)Cc2ccccc2B(O)O)c2cc(C#CC(=C\C=C3/N(CCCS(=O)(=O)O)c4ccccc4C3(C)C)/C=C/C3=[N+](CCCS(=O)(=O)O)c4ccccc4C3(C)C)ccc12. The number of anilines is 1. The fourth-order valence-electron chi connectivity index (χ4n) is 13.5. The quantitative estimate of drug-likeness (QED) is 0.00296. The maximum absolute atomic E-state index is 12.8. The third-order valence-electron chi connectivity index (χ3n) is 18.5. The van der Waals surface area contributed by atoms with Crippen LogP contribution in [0.5, 0.6) is 0 Å². The van der Waals surface area contributed by atoms with E-state index in [0.29, 0.717) is 123 Å². The van der Waals surface area contributed by atoms with Crippen LogP contribution in [0.1, 0.15) is 106 Å². The lowest BCUT2D eigenvalue weighted by Gasteiger charge is -2.28. The molecule has 0 spiro atoms. The van der Waals surface area contributed by atoms with Crippen molar-refractivity contribution in [3.05, 3.63) is 238 Å². The first-order chi connectivity index (χ1) is 47.0. The molecule has 0 aromatic heterocycles. The van der Waals surface area contributed by atoms with Gasteiger partial charge in [-0.2, -0.15) is 21.4 Å². The van der Waals surface area contributed by atoms with Crippen molar-refractivity contribution in [2.75, 3.05) is 55.7 Å². The molecule has 2 heterocycles. The van der Waals surface area contributed by atoms with Gasteiger partial charge in [-0.1, -0.05) is 154 Å². The number of nitrogens with one attached hydrogen (secondary N) is 2. The molecule has 0 saturated heterocycles. The molecular weight excluding hydrogens is 1290 g/mol. The van der Waals surface area contributed by atoms with Crippen molar-refractivity contribution in [2.24, 2.45) is 0 Å². The van der Waals surface area contributed by atoms with Crippen molar-refractivity contribution in [3.8, 4) is 11.8 Å². The lowest BCUT2D eigenvalue weighted by atomic mass is 9.77. The highest BCUT2D eigenvalue weighted by atomic mass is 32.2. The van der Waals surface area contributed by atoms with Crippen molar-refractivity contribution in [1.82, 2.24) is 20.4 Å². The van der Waals surface area contributed by atoms with Crippen molar-refractivity contribution in [2.45, 2.75) is 104 Å². The Kier molecular flexibility index (Phi) is 24.6. The average Bonchev–Trinajstić information content (AvgIpc) is 1.71. The smallest absolute Gasteiger partial charge is 0.423 e. The van der Waals surface area contributed by atoms with Crippen LogP contribution in [-0.4, -0.2) is 143 Å². The first-order valence-electron chi connectivity index (χ1n) is 33.3. The minimum absolute atomic E-state index is 0.152. The van der Waals surface area contributed by atoms with Gasteiger partial charge < -0.3 is 35.6 Å². The highest BCUT2D eigenvalue weighted by molar-refractivity contribution is 7.86. The highest BCUT2D eigenvalue weighted by Crippen LogP contribution is 2.48. The molecule has 7 aromatic rings. The van der Waals surface area contributed by atoms with Crippen LogP contribution in [0.4, 0.5) is 11.4 Å². The van der Waals surface area contributed by atoms with Gasteiger partial charge in [-0.15, -0.1) is 0 Å². The first kappa shape index (κ1) is 74.7. The molecule has 8 N–H and O–H groups in total. The van der Waals surface area contributed by atoms with Gasteiger partial charge in [0.2, 0.25) is 17.5 Å². The average molecular weight is 1380 g/mol. The molecule has 0 aliphatic carbocycles. The second-order valence-corrected chi connectivity index (χ2v) is 29.8. The zero-order valence-electron chi connectivity index (χ0n) is 57.2. The molecule has 18 nitrogen and oxygen atoms in total. The molecule has 0 unspecified atom stereocenters. The van der Waals surface area contributed by atoms with E-state index in [2.05, 4.69) is 119 Å². The molecule has 0 atom stereocenters. The van der Waals surface area contributed by atoms with E-state index in [-0.39, 0.29) is 24.7 Å². The Morgan fingerprint density at radius 3 is 1.66 bits per heavy atom. The Morgan fingerprint density at radius 2 is 1.10 bits per heavy atom. The summed E-state index contributed by atoms with van der Waals surface area (Å²) in [4.78, 5) is 32.0. The summed E-state index contributed by atoms with van der Waals surface area (Å²) in [6.07, 6.45) is 9.30. The van der Waals surface area contributed by atoms with Gasteiger partial charge in [0.05, 0.1) is 16.9 Å². The molecule has 0 saturated carbocycles. The van der Waals surface area contributed by atoms with E-state index in [1.54, 1.807) is 38.1 Å². The van der Waals surface area contributed by atoms with Gasteiger partial charge in [-0.3, -0.25) is 28.5 Å². The number of allylic oxidation sites excluding steroid dienone is 6. The fourth-order valence-corrected chi connectivity index (χ4v) is 14.5. The molecule has 2 aliphatic heterocycles. The summed E-state index contributed by atoms with van der Waals surface area (Å²) in [5.74, 6) is 5.76. The first-order valence-corrected chi connectivity index (χ1v) is 36.5. The van der Waals surface area contributed by atoms with E-state index in [1.807, 2.05) is 103 Å². The van der Waals surface area contributed by atoms with Gasteiger partial charge in [0.1, 0.15) is 6.54 Å². The molecule has 2 aliphatic rings. The Hall–Kier alpha value is -8.56. The number of rotatable bonds is 31. The van der Waals surface area contributed by atoms with Gasteiger partial charge in [0, 0.05) is 122 Å². The summed E-state index contributed by atoms with van der Waals surface area (Å²) in [6.45, 7) is 23.0. The molecular formula is C77H89B2N6O12S2+. The van der Waals surface area contributed by atoms with Crippen LogP contribution in [0.15, 0.2) is 199 Å². The Morgan fingerprint density at radius 1 is 0.606 bits per heavy atom. The van der Waals surface area contributed by atoms with Crippen LogP contribution in [0, 0.1) is 11.8 Å². The van der Waals surface area contributed by atoms with Crippen molar-refractivity contribution in [3.63, 3.8) is 0 Å². The predicted molar refractivity (Wildman–Crippen MR) is 397 cm³/mol. The Labute approximate surface area is 583 Å². The Balaban J connectivity index is 1.25. The van der Waals surface area contributed by atoms with Crippen molar-refractivity contribution in [1.29, 1.82) is 0 Å². The van der Waals surface area contributed by atoms with Gasteiger partial charge in [0.25, 0.3) is 20.2 Å². The van der Waals surface area contributed by atoms with Crippen molar-refractivity contribution >= 4 is 95.8 Å². The number of para-hydroxylation sites is 2. The third-order valence-corrected chi connectivity index (χ3v) is 20.1. The second kappa shape index (κ2) is 32.6. The number of hydrogen-bond donors (Lipinski definition) is 8. The van der Waals surface area contributed by atoms with Gasteiger partial charge in [0.15, 0.2) is 5.71 Å². The van der Waals surface area contributed by atoms with Crippen LogP contribution in [-0.2, 0) is 66.8 Å². The van der Waals surface area contributed by atoms with Crippen LogP contribution < -0.4 is 26.5 Å². The topological polar surface area (TPSA) is 261 Å². The maximum Gasteiger partial charge on any atom is 0.488 e. The van der Waals surface area contributed by atoms with E-state index in [9.17, 15) is 55.6 Å². The van der Waals surface area contributed by atoms with Crippen LogP contribution >= 0.6 is 0 Å². The summed E-state index contributed by atoms with van der Waals surface area (Å²) in [5.41, 5.74) is 10.6. The third kappa shape index (κ3) is 18.9. The summed E-state index contributed by atoms with van der Waals surface area (Å²) < 4.78 is 70.1. The van der Waals surface area contributed by atoms with Crippen molar-refractivity contribution < 1.29 is 60.2 Å². The van der Waals surface area contributed by atoms with Gasteiger partial charge in [-0.25, -0.2) is 0 Å². The number of hydrogen-bond acceptors (Lipinski definition) is 13. The van der Waals surface area contributed by atoms with Gasteiger partial charge >= 0.3 is 14.2 Å². The van der Waals surface area contributed by atoms with Gasteiger partial charge in [-0.05, 0) is 144 Å². The van der Waals surface area contributed by atoms with E-state index < -0.39 is 56.8 Å². The molecule has 22 heteroatoms. The zero-order chi connectivity index (χ0) is 71.4. The normalized spacial score (nSPS) is 14.7. The summed E-state index contributed by atoms with van der Waals surface area (Å²) in [6, 6.07) is 44.7. The van der Waals surface area contributed by atoms with Crippen LogP contribution in [0.3, 0.4) is 0 Å². The van der Waals surface area contributed by atoms with E-state index in [1.165, 1.54) is 0 Å². The monoisotopic (exact) mass is 1380 g/mol. The molecule has 516 valence electrons. The Bertz CT molecular complexity index is 4650. The predicted octanol–water partition coefficient (Wildman–Crippen LogP) is 8.67. The minimum Gasteiger partial charge on any atom is -0.423 e. The molecule has 7 aromatic carbocycles. The number of nitrogens with zero attached hydrogens (tertiary/aromatic N) is 4. The number of benzene rings is 7. The number of amides is 2. The van der Waals surface area contributed by atoms with E-state index in [0.717, 1.165) is 66.6 Å². The molecule has 0 fully saturated rings.